The molecule has 72 valence electrons. The zero-order chi connectivity index (χ0) is 9.76. The Morgan fingerprint density at radius 2 is 2.29 bits per heavy atom. The molecule has 1 unspecified atom stereocenters. The predicted octanol–water partition coefficient (Wildman–Crippen LogP) is 0.640. The summed E-state index contributed by atoms with van der Waals surface area (Å²) in [5.41, 5.74) is 1.39. The van der Waals surface area contributed by atoms with Gasteiger partial charge in [0.1, 0.15) is 4.93 Å². The van der Waals surface area contributed by atoms with E-state index in [1.807, 2.05) is 4.57 Å². The Morgan fingerprint density at radius 3 is 3.14 bits per heavy atom. The summed E-state index contributed by atoms with van der Waals surface area (Å²) in [6.07, 6.45) is 3.25. The van der Waals surface area contributed by atoms with E-state index in [1.54, 1.807) is 19.3 Å². The molecule has 0 aliphatic carbocycles. The Morgan fingerprint density at radius 1 is 1.50 bits per heavy atom. The van der Waals surface area contributed by atoms with Crippen LogP contribution in [0.2, 0.25) is 0 Å². The van der Waals surface area contributed by atoms with E-state index in [2.05, 4.69) is 15.0 Å². The first kappa shape index (κ1) is 8.19. The van der Waals surface area contributed by atoms with E-state index in [1.165, 1.54) is 11.8 Å². The largest absolute Gasteiger partial charge is 0.377 e. The molecule has 6 heteroatoms. The average molecular weight is 208 g/mol. The molecule has 0 radical (unpaired) electrons. The highest BCUT2D eigenvalue weighted by Gasteiger charge is 2.34. The summed E-state index contributed by atoms with van der Waals surface area (Å²) in [6, 6.07) is 0. The van der Waals surface area contributed by atoms with Gasteiger partial charge in [-0.05, 0) is 6.92 Å². The number of aromatic nitrogens is 4. The van der Waals surface area contributed by atoms with Gasteiger partial charge in [0.15, 0.2) is 16.5 Å². The maximum absolute atomic E-state index is 9.82. The van der Waals surface area contributed by atoms with Crippen molar-refractivity contribution < 1.29 is 5.11 Å². The molecular formula is C8H8N4OS. The average Bonchev–Trinajstić information content (AvgIpc) is 2.56. The lowest BCUT2D eigenvalue weighted by atomic mass is 10.4. The minimum absolute atomic E-state index is 0.516. The fraction of sp³-hybridized carbons (Fsp3) is 0.375. The molecule has 2 aromatic heterocycles. The fourth-order valence-corrected chi connectivity index (χ4v) is 2.56. The van der Waals surface area contributed by atoms with Crippen molar-refractivity contribution in [3.63, 3.8) is 0 Å². The maximum Gasteiger partial charge on any atom is 0.198 e. The normalized spacial score (nSPS) is 25.6. The number of aliphatic hydroxyl groups is 1. The number of hydrogen-bond acceptors (Lipinski definition) is 5. The van der Waals surface area contributed by atoms with Gasteiger partial charge >= 0.3 is 0 Å². The van der Waals surface area contributed by atoms with Gasteiger partial charge in [0.25, 0.3) is 0 Å². The molecule has 5 nitrogen and oxygen atoms in total. The van der Waals surface area contributed by atoms with Crippen LogP contribution in [0.15, 0.2) is 17.6 Å². The molecule has 3 rings (SSSR count). The minimum atomic E-state index is -0.770. The number of fused-ring (bicyclic) bond motifs is 3. The fourth-order valence-electron chi connectivity index (χ4n) is 1.58. The SMILES string of the molecule is CC1(O)Cn2c(nc3nccnc32)S1. The Labute approximate surface area is 84.2 Å². The smallest absolute Gasteiger partial charge is 0.198 e. The molecule has 0 fully saturated rings. The van der Waals surface area contributed by atoms with Crippen molar-refractivity contribution in [2.24, 2.45) is 0 Å². The topological polar surface area (TPSA) is 63.8 Å². The number of rotatable bonds is 0. The van der Waals surface area contributed by atoms with Crippen LogP contribution in [-0.2, 0) is 6.54 Å². The van der Waals surface area contributed by atoms with Gasteiger partial charge in [-0.15, -0.1) is 0 Å². The van der Waals surface area contributed by atoms with Crippen molar-refractivity contribution in [3.8, 4) is 0 Å². The van der Waals surface area contributed by atoms with Gasteiger partial charge in [-0.2, -0.15) is 0 Å². The molecule has 3 heterocycles. The Balaban J connectivity index is 2.26. The molecule has 1 N–H and O–H groups in total. The predicted molar refractivity (Wildman–Crippen MR) is 51.8 cm³/mol. The Bertz CT molecular complexity index is 507. The van der Waals surface area contributed by atoms with Crippen molar-refractivity contribution in [2.75, 3.05) is 0 Å². The van der Waals surface area contributed by atoms with E-state index in [4.69, 9.17) is 0 Å². The second-order valence-corrected chi connectivity index (χ2v) is 4.91. The summed E-state index contributed by atoms with van der Waals surface area (Å²) in [5.74, 6) is 0. The molecule has 1 atom stereocenters. The monoisotopic (exact) mass is 208 g/mol. The van der Waals surface area contributed by atoms with Crippen LogP contribution < -0.4 is 0 Å². The molecule has 1 aliphatic rings. The third-order valence-electron chi connectivity index (χ3n) is 2.11. The number of nitrogens with zero attached hydrogens (tertiary/aromatic N) is 4. The number of imidazole rings is 1. The lowest BCUT2D eigenvalue weighted by molar-refractivity contribution is 0.145. The molecule has 2 aromatic rings. The highest BCUT2D eigenvalue weighted by Crippen LogP contribution is 2.39. The van der Waals surface area contributed by atoms with Crippen molar-refractivity contribution >= 4 is 23.1 Å². The zero-order valence-electron chi connectivity index (χ0n) is 7.51. The summed E-state index contributed by atoms with van der Waals surface area (Å²) in [7, 11) is 0. The van der Waals surface area contributed by atoms with Crippen LogP contribution in [0.25, 0.3) is 11.3 Å². The van der Waals surface area contributed by atoms with Crippen LogP contribution in [0.5, 0.6) is 0 Å². The van der Waals surface area contributed by atoms with E-state index in [0.29, 0.717) is 12.2 Å². The summed E-state index contributed by atoms with van der Waals surface area (Å²) in [4.78, 5) is 11.8. The lowest BCUT2D eigenvalue weighted by Crippen LogP contribution is -2.19. The van der Waals surface area contributed by atoms with E-state index in [0.717, 1.165) is 10.8 Å². The molecule has 1 aliphatic heterocycles. The summed E-state index contributed by atoms with van der Waals surface area (Å²) < 4.78 is 1.90. The van der Waals surface area contributed by atoms with Crippen molar-refractivity contribution in [3.05, 3.63) is 12.4 Å². The lowest BCUT2D eigenvalue weighted by Gasteiger charge is -2.12. The van der Waals surface area contributed by atoms with Crippen LogP contribution in [-0.4, -0.2) is 29.6 Å². The highest BCUT2D eigenvalue weighted by atomic mass is 32.2. The van der Waals surface area contributed by atoms with E-state index < -0.39 is 4.93 Å². The minimum Gasteiger partial charge on any atom is -0.377 e. The third kappa shape index (κ3) is 1.04. The van der Waals surface area contributed by atoms with Crippen molar-refractivity contribution in [1.82, 2.24) is 19.5 Å². The van der Waals surface area contributed by atoms with Crippen molar-refractivity contribution in [1.29, 1.82) is 0 Å². The standard InChI is InChI=1S/C8H8N4OS/c1-8(13)4-12-6-5(9-2-3-10-6)11-7(12)14-8/h2-3,13H,4H2,1H3. The first-order valence-corrected chi connectivity index (χ1v) is 5.06. The molecule has 14 heavy (non-hydrogen) atoms. The van der Waals surface area contributed by atoms with Crippen LogP contribution >= 0.6 is 11.8 Å². The van der Waals surface area contributed by atoms with Crippen LogP contribution in [0.1, 0.15) is 6.92 Å². The van der Waals surface area contributed by atoms with E-state index in [9.17, 15) is 5.11 Å². The highest BCUT2D eigenvalue weighted by molar-refractivity contribution is 8.00. The van der Waals surface area contributed by atoms with Crippen molar-refractivity contribution in [2.45, 2.75) is 23.6 Å². The molecule has 0 aromatic carbocycles. The van der Waals surface area contributed by atoms with Gasteiger partial charge in [0, 0.05) is 12.4 Å². The molecule has 0 saturated heterocycles. The maximum atomic E-state index is 9.82. The molecule has 0 spiro atoms. The summed E-state index contributed by atoms with van der Waals surface area (Å²) >= 11 is 1.35. The Hall–Kier alpha value is -1.14. The second-order valence-electron chi connectivity index (χ2n) is 3.46. The molecule has 0 saturated carbocycles. The van der Waals surface area contributed by atoms with E-state index >= 15 is 0 Å². The third-order valence-corrected chi connectivity index (χ3v) is 3.17. The first-order chi connectivity index (χ1) is 6.66. The van der Waals surface area contributed by atoms with Gasteiger partial charge < -0.3 is 5.11 Å². The van der Waals surface area contributed by atoms with E-state index in [-0.39, 0.29) is 0 Å². The number of hydrogen-bond donors (Lipinski definition) is 1. The second kappa shape index (κ2) is 2.46. The van der Waals surface area contributed by atoms with Gasteiger partial charge in [-0.25, -0.2) is 15.0 Å². The Kier molecular flexibility index (Phi) is 1.44. The van der Waals surface area contributed by atoms with Gasteiger partial charge in [0.2, 0.25) is 0 Å². The van der Waals surface area contributed by atoms with Crippen LogP contribution in [0, 0.1) is 0 Å². The summed E-state index contributed by atoms with van der Waals surface area (Å²) in [5, 5.41) is 10.6. The number of thioether (sulfide) groups is 1. The van der Waals surface area contributed by atoms with Gasteiger partial charge in [0.05, 0.1) is 6.54 Å². The first-order valence-electron chi connectivity index (χ1n) is 4.24. The summed E-state index contributed by atoms with van der Waals surface area (Å²) in [6.45, 7) is 2.29. The molecular weight excluding hydrogens is 200 g/mol. The quantitative estimate of drug-likeness (QED) is 0.688. The molecule has 0 bridgehead atoms. The van der Waals surface area contributed by atoms with Crippen LogP contribution in [0.3, 0.4) is 0 Å². The zero-order valence-corrected chi connectivity index (χ0v) is 8.32. The van der Waals surface area contributed by atoms with Gasteiger partial charge in [-0.3, -0.25) is 4.57 Å². The molecule has 0 amide bonds. The van der Waals surface area contributed by atoms with Crippen LogP contribution in [0.4, 0.5) is 0 Å². The van der Waals surface area contributed by atoms with Gasteiger partial charge in [-0.1, -0.05) is 11.8 Å².